The molecule has 0 aromatic heterocycles. The molecule has 2 nitrogen and oxygen atoms in total. The molecule has 0 heterocycles. The molecule has 0 saturated heterocycles. The molecule has 4 N–H and O–H groups in total. The number of hydrogen-bond donors (Lipinski definition) is 2. The van der Waals surface area contributed by atoms with E-state index in [4.69, 9.17) is 34.7 Å². The number of hydrogen-bond acceptors (Lipinski definition) is 2. The lowest BCUT2D eigenvalue weighted by Gasteiger charge is -2.07. The molecule has 4 heteroatoms. The van der Waals surface area contributed by atoms with E-state index in [1.807, 2.05) is 6.92 Å². The van der Waals surface area contributed by atoms with Crippen molar-refractivity contribution in [3.8, 4) is 0 Å². The van der Waals surface area contributed by atoms with Gasteiger partial charge in [-0.25, -0.2) is 0 Å². The maximum Gasteiger partial charge on any atom is 0.103 e. The normalized spacial score (nSPS) is 21.6. The van der Waals surface area contributed by atoms with Gasteiger partial charge in [0.2, 0.25) is 0 Å². The summed E-state index contributed by atoms with van der Waals surface area (Å²) in [6, 6.07) is 0. The first-order valence-electron chi connectivity index (χ1n) is 3.81. The molecule has 0 amide bonds. The number of halogens is 2. The molecule has 1 fully saturated rings. The van der Waals surface area contributed by atoms with Crippen LogP contribution in [-0.2, 0) is 0 Å². The second kappa shape index (κ2) is 3.58. The molecule has 0 unspecified atom stereocenters. The van der Waals surface area contributed by atoms with Crippen molar-refractivity contribution in [2.24, 2.45) is 17.4 Å². The lowest BCUT2D eigenvalue weighted by Crippen LogP contribution is -2.03. The van der Waals surface area contributed by atoms with Crippen molar-refractivity contribution in [2.75, 3.05) is 0 Å². The minimum absolute atomic E-state index is 0.278. The Morgan fingerprint density at radius 3 is 1.92 bits per heavy atom. The third-order valence-electron chi connectivity index (χ3n) is 2.01. The Bertz CT molecular complexity index is 244. The SMILES string of the molecule is CC(=C(/N)Cl)/C(=C(\N)Cl)C1CC1. The zero-order chi connectivity index (χ0) is 9.30. The topological polar surface area (TPSA) is 52.0 Å². The zero-order valence-corrected chi connectivity index (χ0v) is 8.41. The van der Waals surface area contributed by atoms with E-state index in [1.165, 1.54) is 0 Å². The van der Waals surface area contributed by atoms with E-state index >= 15 is 0 Å². The maximum atomic E-state index is 5.73. The van der Waals surface area contributed by atoms with Crippen LogP contribution in [0.2, 0.25) is 0 Å². The summed E-state index contributed by atoms with van der Waals surface area (Å²) >= 11 is 11.4. The Balaban J connectivity index is 2.95. The molecule has 0 aromatic carbocycles. The van der Waals surface area contributed by atoms with E-state index in [9.17, 15) is 0 Å². The predicted molar refractivity (Wildman–Crippen MR) is 52.5 cm³/mol. The van der Waals surface area contributed by atoms with E-state index < -0.39 is 0 Å². The van der Waals surface area contributed by atoms with Gasteiger partial charge in [-0.3, -0.25) is 0 Å². The molecule has 0 radical (unpaired) electrons. The van der Waals surface area contributed by atoms with Crippen LogP contribution in [0.25, 0.3) is 0 Å². The van der Waals surface area contributed by atoms with Crippen LogP contribution in [-0.4, -0.2) is 0 Å². The molecular formula is C8H12Cl2N2. The largest absolute Gasteiger partial charge is 0.389 e. The summed E-state index contributed by atoms with van der Waals surface area (Å²) in [5, 5.41) is 0.596. The fraction of sp³-hybridized carbons (Fsp3) is 0.500. The van der Waals surface area contributed by atoms with Crippen molar-refractivity contribution in [2.45, 2.75) is 19.8 Å². The Morgan fingerprint density at radius 1 is 1.17 bits per heavy atom. The van der Waals surface area contributed by atoms with Crippen LogP contribution < -0.4 is 11.5 Å². The second-order valence-electron chi connectivity index (χ2n) is 3.01. The number of nitrogens with two attached hydrogens (primary N) is 2. The molecule has 0 bridgehead atoms. The van der Waals surface area contributed by atoms with Crippen molar-refractivity contribution in [1.29, 1.82) is 0 Å². The van der Waals surface area contributed by atoms with Gasteiger partial charge in [0.25, 0.3) is 0 Å². The van der Waals surface area contributed by atoms with Gasteiger partial charge in [-0.1, -0.05) is 23.2 Å². The van der Waals surface area contributed by atoms with E-state index in [-0.39, 0.29) is 5.16 Å². The van der Waals surface area contributed by atoms with Gasteiger partial charge in [0.05, 0.1) is 0 Å². The van der Waals surface area contributed by atoms with E-state index in [0.717, 1.165) is 24.0 Å². The molecule has 0 aliphatic heterocycles. The van der Waals surface area contributed by atoms with Crippen molar-refractivity contribution in [3.63, 3.8) is 0 Å². The first kappa shape index (κ1) is 9.75. The monoisotopic (exact) mass is 206 g/mol. The van der Waals surface area contributed by atoms with E-state index in [1.54, 1.807) is 0 Å². The molecule has 1 rings (SSSR count). The van der Waals surface area contributed by atoms with Crippen LogP contribution in [0.15, 0.2) is 21.5 Å². The molecule has 0 aromatic rings. The first-order valence-corrected chi connectivity index (χ1v) is 4.57. The minimum atomic E-state index is 0.278. The van der Waals surface area contributed by atoms with Crippen molar-refractivity contribution in [1.82, 2.24) is 0 Å². The van der Waals surface area contributed by atoms with Gasteiger partial charge >= 0.3 is 0 Å². The molecule has 0 atom stereocenters. The fourth-order valence-corrected chi connectivity index (χ4v) is 1.58. The highest BCUT2D eigenvalue weighted by Crippen LogP contribution is 2.42. The van der Waals surface area contributed by atoms with Gasteiger partial charge in [-0.2, -0.15) is 0 Å². The summed E-state index contributed by atoms with van der Waals surface area (Å²) in [6.45, 7) is 1.84. The Hall–Kier alpha value is -0.340. The summed E-state index contributed by atoms with van der Waals surface area (Å²) in [6.07, 6.45) is 2.26. The number of rotatable bonds is 2. The molecule has 68 valence electrons. The third-order valence-corrected chi connectivity index (χ3v) is 2.49. The van der Waals surface area contributed by atoms with Crippen molar-refractivity contribution in [3.05, 3.63) is 21.5 Å². The first-order chi connectivity index (χ1) is 5.54. The van der Waals surface area contributed by atoms with Crippen molar-refractivity contribution >= 4 is 23.2 Å². The molecule has 1 aliphatic rings. The van der Waals surface area contributed by atoms with Crippen LogP contribution >= 0.6 is 23.2 Å². The van der Waals surface area contributed by atoms with Gasteiger partial charge in [0.1, 0.15) is 10.3 Å². The smallest absolute Gasteiger partial charge is 0.103 e. The number of allylic oxidation sites excluding steroid dienone is 2. The summed E-state index contributed by atoms with van der Waals surface area (Å²) in [5.74, 6) is 0.472. The standard InChI is InChI=1S/C8H12Cl2N2/c1-4(7(9)11)6(8(10)12)5-2-3-5/h5H,2-3,11-12H2,1H3/b7-4-,8-6+. The fourth-order valence-electron chi connectivity index (χ4n) is 1.18. The lowest BCUT2D eigenvalue weighted by molar-refractivity contribution is 0.991. The lowest BCUT2D eigenvalue weighted by atomic mass is 10.1. The van der Waals surface area contributed by atoms with Gasteiger partial charge in [0.15, 0.2) is 0 Å². The highest BCUT2D eigenvalue weighted by molar-refractivity contribution is 6.31. The Kier molecular flexibility index (Phi) is 2.91. The van der Waals surface area contributed by atoms with Crippen molar-refractivity contribution < 1.29 is 0 Å². The predicted octanol–water partition coefficient (Wildman–Crippen LogP) is 2.23. The summed E-state index contributed by atoms with van der Waals surface area (Å²) in [7, 11) is 0. The van der Waals surface area contributed by atoms with Gasteiger partial charge < -0.3 is 11.5 Å². The van der Waals surface area contributed by atoms with Crippen LogP contribution in [0.4, 0.5) is 0 Å². The third kappa shape index (κ3) is 2.08. The van der Waals surface area contributed by atoms with Gasteiger partial charge in [-0.05, 0) is 36.8 Å². The molecular weight excluding hydrogens is 195 g/mol. The van der Waals surface area contributed by atoms with E-state index in [2.05, 4.69) is 0 Å². The summed E-state index contributed by atoms with van der Waals surface area (Å²) in [5.41, 5.74) is 12.7. The van der Waals surface area contributed by atoms with Gasteiger partial charge in [0, 0.05) is 0 Å². The van der Waals surface area contributed by atoms with Gasteiger partial charge in [-0.15, -0.1) is 0 Å². The zero-order valence-electron chi connectivity index (χ0n) is 6.90. The highest BCUT2D eigenvalue weighted by atomic mass is 35.5. The maximum absolute atomic E-state index is 5.73. The highest BCUT2D eigenvalue weighted by Gasteiger charge is 2.29. The average molecular weight is 207 g/mol. The molecule has 1 aliphatic carbocycles. The molecule has 1 saturated carbocycles. The summed E-state index contributed by atoms with van der Waals surface area (Å²) in [4.78, 5) is 0. The van der Waals surface area contributed by atoms with Crippen LogP contribution in [0.1, 0.15) is 19.8 Å². The van der Waals surface area contributed by atoms with Crippen LogP contribution in [0.3, 0.4) is 0 Å². The molecule has 12 heavy (non-hydrogen) atoms. The Morgan fingerprint density at radius 2 is 1.67 bits per heavy atom. The average Bonchev–Trinajstić information content (AvgIpc) is 2.70. The second-order valence-corrected chi connectivity index (χ2v) is 3.82. The summed E-state index contributed by atoms with van der Waals surface area (Å²) < 4.78 is 0. The van der Waals surface area contributed by atoms with Crippen LogP contribution in [0, 0.1) is 5.92 Å². The quantitative estimate of drug-likeness (QED) is 0.538. The van der Waals surface area contributed by atoms with E-state index in [0.29, 0.717) is 11.1 Å². The Labute approximate surface area is 82.2 Å². The molecule has 0 spiro atoms. The minimum Gasteiger partial charge on any atom is -0.389 e. The van der Waals surface area contributed by atoms with Crippen LogP contribution in [0.5, 0.6) is 0 Å².